The molecule has 1 N–H and O–H groups in total. The SMILES string of the molecule is COC(=O)c1ccc(S(=O)(=O)NCCc2coc(-c3ccc(OC)cc3)n2)c(C)c1. The maximum atomic E-state index is 12.6. The molecule has 0 spiro atoms. The number of methoxy groups -OCH3 is 2. The van der Waals surface area contributed by atoms with Crippen LogP contribution < -0.4 is 9.46 Å². The van der Waals surface area contributed by atoms with Crippen LogP contribution in [0.1, 0.15) is 21.6 Å². The minimum atomic E-state index is -3.74. The minimum Gasteiger partial charge on any atom is -0.497 e. The molecule has 9 heteroatoms. The van der Waals surface area contributed by atoms with Gasteiger partial charge in [0.15, 0.2) is 0 Å². The quantitative estimate of drug-likeness (QED) is 0.547. The van der Waals surface area contributed by atoms with Crippen LogP contribution in [0.25, 0.3) is 11.5 Å². The number of rotatable bonds is 8. The fourth-order valence-corrected chi connectivity index (χ4v) is 4.13. The van der Waals surface area contributed by atoms with E-state index < -0.39 is 16.0 Å². The average Bonchev–Trinajstić information content (AvgIpc) is 3.21. The molecule has 0 aliphatic rings. The molecule has 3 aromatic rings. The fraction of sp³-hybridized carbons (Fsp3) is 0.238. The molecule has 0 fully saturated rings. The van der Waals surface area contributed by atoms with Crippen molar-refractivity contribution in [3.63, 3.8) is 0 Å². The van der Waals surface area contributed by atoms with E-state index in [-0.39, 0.29) is 11.4 Å². The molecule has 0 saturated carbocycles. The summed E-state index contributed by atoms with van der Waals surface area (Å²) in [4.78, 5) is 16.1. The highest BCUT2D eigenvalue weighted by atomic mass is 32.2. The summed E-state index contributed by atoms with van der Waals surface area (Å²) in [5.41, 5.74) is 2.17. The van der Waals surface area contributed by atoms with Gasteiger partial charge in [0.05, 0.1) is 30.4 Å². The number of ether oxygens (including phenoxy) is 2. The molecule has 0 aliphatic heterocycles. The van der Waals surface area contributed by atoms with Gasteiger partial charge in [-0.25, -0.2) is 22.9 Å². The van der Waals surface area contributed by atoms with Gasteiger partial charge in [0.1, 0.15) is 12.0 Å². The number of carbonyl (C=O) groups is 1. The van der Waals surface area contributed by atoms with Crippen LogP contribution in [0.15, 0.2) is 58.0 Å². The van der Waals surface area contributed by atoms with E-state index in [9.17, 15) is 13.2 Å². The Morgan fingerprint density at radius 3 is 2.50 bits per heavy atom. The Labute approximate surface area is 174 Å². The number of hydrogen-bond donors (Lipinski definition) is 1. The summed E-state index contributed by atoms with van der Waals surface area (Å²) in [5.74, 6) is 0.660. The zero-order valence-corrected chi connectivity index (χ0v) is 17.7. The Balaban J connectivity index is 1.63. The standard InChI is InChI=1S/C21H22N2O6S/c1-14-12-16(21(24)28-3)6-9-19(14)30(25,26)22-11-10-17-13-29-20(23-17)15-4-7-18(27-2)8-5-15/h4-9,12-13,22H,10-11H2,1-3H3. The van der Waals surface area contributed by atoms with Crippen molar-refractivity contribution >= 4 is 16.0 Å². The maximum absolute atomic E-state index is 12.6. The van der Waals surface area contributed by atoms with Crippen LogP contribution in [0.5, 0.6) is 5.75 Å². The number of nitrogens with zero attached hydrogens (tertiary/aromatic N) is 1. The van der Waals surface area contributed by atoms with Gasteiger partial charge in [-0.15, -0.1) is 0 Å². The first-order valence-corrected chi connectivity index (χ1v) is 10.6. The first-order valence-electron chi connectivity index (χ1n) is 9.11. The van der Waals surface area contributed by atoms with Gasteiger partial charge < -0.3 is 13.9 Å². The van der Waals surface area contributed by atoms with Gasteiger partial charge in [0.25, 0.3) is 0 Å². The Morgan fingerprint density at radius 1 is 1.13 bits per heavy atom. The van der Waals surface area contributed by atoms with Crippen LogP contribution in [0, 0.1) is 6.92 Å². The van der Waals surface area contributed by atoms with Crippen molar-refractivity contribution in [1.29, 1.82) is 0 Å². The molecular weight excluding hydrogens is 408 g/mol. The zero-order chi connectivity index (χ0) is 21.7. The molecule has 1 heterocycles. The van der Waals surface area contributed by atoms with Crippen LogP contribution in [0.3, 0.4) is 0 Å². The van der Waals surface area contributed by atoms with E-state index in [2.05, 4.69) is 14.4 Å². The third-order valence-corrected chi connectivity index (χ3v) is 6.07. The number of sulfonamides is 1. The van der Waals surface area contributed by atoms with Gasteiger partial charge in [-0.3, -0.25) is 0 Å². The summed E-state index contributed by atoms with van der Waals surface area (Å²) in [6.45, 7) is 1.77. The fourth-order valence-electron chi connectivity index (χ4n) is 2.87. The van der Waals surface area contributed by atoms with Crippen molar-refractivity contribution in [1.82, 2.24) is 9.71 Å². The average molecular weight is 430 g/mol. The number of oxazole rings is 1. The number of aryl methyl sites for hydroxylation is 1. The monoisotopic (exact) mass is 430 g/mol. The molecule has 2 aromatic carbocycles. The van der Waals surface area contributed by atoms with Crippen LogP contribution in [0.4, 0.5) is 0 Å². The summed E-state index contributed by atoms with van der Waals surface area (Å²) in [6, 6.07) is 11.6. The highest BCUT2D eigenvalue weighted by Crippen LogP contribution is 2.22. The van der Waals surface area contributed by atoms with Crippen molar-refractivity contribution in [3.8, 4) is 17.2 Å². The summed E-state index contributed by atoms with van der Waals surface area (Å²) < 4.78 is 43.0. The van der Waals surface area contributed by atoms with Crippen molar-refractivity contribution < 1.29 is 27.1 Å². The van der Waals surface area contributed by atoms with Crippen molar-refractivity contribution in [2.75, 3.05) is 20.8 Å². The van der Waals surface area contributed by atoms with E-state index in [1.165, 1.54) is 31.6 Å². The predicted octanol–water partition coefficient (Wildman–Crippen LogP) is 2.97. The summed E-state index contributed by atoms with van der Waals surface area (Å²) in [5, 5.41) is 0. The first kappa shape index (κ1) is 21.5. The van der Waals surface area contributed by atoms with Crippen LogP contribution in [0.2, 0.25) is 0 Å². The van der Waals surface area contributed by atoms with Gasteiger partial charge >= 0.3 is 5.97 Å². The topological polar surface area (TPSA) is 108 Å². The van der Waals surface area contributed by atoms with Gasteiger partial charge in [-0.2, -0.15) is 0 Å². The van der Waals surface area contributed by atoms with Crippen LogP contribution in [-0.4, -0.2) is 40.1 Å². The molecule has 30 heavy (non-hydrogen) atoms. The molecule has 0 atom stereocenters. The second-order valence-electron chi connectivity index (χ2n) is 6.49. The van der Waals surface area contributed by atoms with Crippen LogP contribution in [-0.2, 0) is 21.2 Å². The summed E-state index contributed by atoms with van der Waals surface area (Å²) in [7, 11) is -0.875. The van der Waals surface area contributed by atoms with Crippen molar-refractivity contribution in [2.24, 2.45) is 0 Å². The highest BCUT2D eigenvalue weighted by Gasteiger charge is 2.18. The second kappa shape index (κ2) is 9.10. The number of carbonyl (C=O) groups excluding carboxylic acids is 1. The van der Waals surface area contributed by atoms with Crippen molar-refractivity contribution in [3.05, 3.63) is 65.5 Å². The predicted molar refractivity (Wildman–Crippen MR) is 110 cm³/mol. The maximum Gasteiger partial charge on any atom is 0.337 e. The van der Waals surface area contributed by atoms with E-state index in [4.69, 9.17) is 9.15 Å². The molecule has 0 saturated heterocycles. The van der Waals surface area contributed by atoms with Gasteiger partial charge in [0, 0.05) is 18.5 Å². The lowest BCUT2D eigenvalue weighted by molar-refractivity contribution is 0.0600. The van der Waals surface area contributed by atoms with E-state index in [0.717, 1.165) is 11.3 Å². The van der Waals surface area contributed by atoms with E-state index in [0.29, 0.717) is 29.1 Å². The molecule has 0 unspecified atom stereocenters. The molecule has 0 amide bonds. The third-order valence-electron chi connectivity index (χ3n) is 4.45. The molecule has 1 aromatic heterocycles. The number of benzene rings is 2. The lowest BCUT2D eigenvalue weighted by Gasteiger charge is -2.10. The third kappa shape index (κ3) is 4.87. The van der Waals surface area contributed by atoms with Crippen molar-refractivity contribution in [2.45, 2.75) is 18.2 Å². The normalized spacial score (nSPS) is 11.3. The Kier molecular flexibility index (Phi) is 6.53. The molecule has 3 rings (SSSR count). The van der Waals surface area contributed by atoms with E-state index in [1.807, 2.05) is 12.1 Å². The molecule has 0 bridgehead atoms. The smallest absolute Gasteiger partial charge is 0.337 e. The Bertz CT molecular complexity index is 1140. The largest absolute Gasteiger partial charge is 0.497 e. The number of hydrogen-bond acceptors (Lipinski definition) is 7. The first-order chi connectivity index (χ1) is 14.3. The van der Waals surface area contributed by atoms with Gasteiger partial charge in [-0.05, 0) is 55.0 Å². The van der Waals surface area contributed by atoms with Gasteiger partial charge in [-0.1, -0.05) is 0 Å². The highest BCUT2D eigenvalue weighted by molar-refractivity contribution is 7.89. The number of aromatic nitrogens is 1. The molecule has 0 aliphatic carbocycles. The van der Waals surface area contributed by atoms with E-state index in [1.54, 1.807) is 26.2 Å². The Hall–Kier alpha value is -3.17. The molecule has 0 radical (unpaired) electrons. The molecule has 158 valence electrons. The lowest BCUT2D eigenvalue weighted by Crippen LogP contribution is -2.26. The molecule has 8 nitrogen and oxygen atoms in total. The lowest BCUT2D eigenvalue weighted by atomic mass is 10.1. The van der Waals surface area contributed by atoms with Gasteiger partial charge in [0.2, 0.25) is 15.9 Å². The Morgan fingerprint density at radius 2 is 1.87 bits per heavy atom. The number of nitrogens with one attached hydrogen (secondary N) is 1. The zero-order valence-electron chi connectivity index (χ0n) is 16.8. The number of esters is 1. The van der Waals surface area contributed by atoms with E-state index >= 15 is 0 Å². The minimum absolute atomic E-state index is 0.106. The summed E-state index contributed by atoms with van der Waals surface area (Å²) in [6.07, 6.45) is 1.86. The van der Waals surface area contributed by atoms with Crippen LogP contribution >= 0.6 is 0 Å². The second-order valence-corrected chi connectivity index (χ2v) is 8.23. The molecular formula is C21H22N2O6S. The summed E-state index contributed by atoms with van der Waals surface area (Å²) >= 11 is 0.